The van der Waals surface area contributed by atoms with Crippen molar-refractivity contribution in [1.82, 2.24) is 10.4 Å². The summed E-state index contributed by atoms with van der Waals surface area (Å²) in [6.07, 6.45) is 2.76. The third kappa shape index (κ3) is 2.92. The normalized spacial score (nSPS) is 12.2. The molecule has 0 aliphatic rings. The molecule has 106 valence electrons. The van der Waals surface area contributed by atoms with Crippen molar-refractivity contribution in [1.29, 1.82) is 0 Å². The molecule has 0 radical (unpaired) electrons. The number of halogens is 2. The lowest BCUT2D eigenvalue weighted by molar-refractivity contribution is 0.382. The van der Waals surface area contributed by atoms with Gasteiger partial charge < -0.3 is 4.74 Å². The van der Waals surface area contributed by atoms with Crippen LogP contribution in [0.4, 0.5) is 8.78 Å². The number of nitrogens with one attached hydrogen (secondary N) is 1. The van der Waals surface area contributed by atoms with Gasteiger partial charge >= 0.3 is 0 Å². The largest absolute Gasteiger partial charge is 0.494 e. The maximum absolute atomic E-state index is 14.1. The molecule has 1 aromatic heterocycles. The molecule has 0 bridgehead atoms. The van der Waals surface area contributed by atoms with E-state index in [1.54, 1.807) is 12.1 Å². The second-order valence-electron chi connectivity index (χ2n) is 4.25. The first-order chi connectivity index (χ1) is 9.67. The average Bonchev–Trinajstić information content (AvgIpc) is 2.47. The zero-order chi connectivity index (χ0) is 14.5. The third-order valence-electron chi connectivity index (χ3n) is 3.07. The number of nitrogens with two attached hydrogens (primary N) is 1. The van der Waals surface area contributed by atoms with E-state index < -0.39 is 17.7 Å². The summed E-state index contributed by atoms with van der Waals surface area (Å²) in [5.74, 6) is 4.64. The zero-order valence-electron chi connectivity index (χ0n) is 10.9. The van der Waals surface area contributed by atoms with Gasteiger partial charge in [0.15, 0.2) is 11.6 Å². The summed E-state index contributed by atoms with van der Waals surface area (Å²) in [5, 5.41) is 0. The van der Waals surface area contributed by atoms with E-state index in [2.05, 4.69) is 10.4 Å². The molecule has 0 aliphatic heterocycles. The highest BCUT2D eigenvalue weighted by atomic mass is 19.1. The minimum Gasteiger partial charge on any atom is -0.494 e. The molecule has 1 unspecified atom stereocenters. The Kier molecular flexibility index (Phi) is 4.60. The van der Waals surface area contributed by atoms with E-state index in [0.29, 0.717) is 11.1 Å². The standard InChI is InChI=1S/C14H15F2N3O/c1-20-13-4-2-3-9(14(13)16)7-12(19-17)10-5-6-18-8-11(10)15/h2-6,8,12,19H,7,17H2,1H3. The van der Waals surface area contributed by atoms with Crippen molar-refractivity contribution in [3.8, 4) is 5.75 Å². The molecule has 2 aromatic rings. The van der Waals surface area contributed by atoms with Crippen LogP contribution in [0.1, 0.15) is 17.2 Å². The lowest BCUT2D eigenvalue weighted by atomic mass is 9.99. The molecule has 0 aliphatic carbocycles. The molecule has 4 nitrogen and oxygen atoms in total. The lowest BCUT2D eigenvalue weighted by Gasteiger charge is -2.17. The van der Waals surface area contributed by atoms with Crippen LogP contribution in [0.5, 0.6) is 5.75 Å². The summed E-state index contributed by atoms with van der Waals surface area (Å²) in [5.41, 5.74) is 3.23. The molecule has 0 saturated carbocycles. The molecular weight excluding hydrogens is 264 g/mol. The Balaban J connectivity index is 2.30. The van der Waals surface area contributed by atoms with E-state index in [9.17, 15) is 8.78 Å². The number of rotatable bonds is 5. The molecule has 0 fully saturated rings. The van der Waals surface area contributed by atoms with E-state index in [-0.39, 0.29) is 12.2 Å². The van der Waals surface area contributed by atoms with Gasteiger partial charge in [-0.15, -0.1) is 0 Å². The highest BCUT2D eigenvalue weighted by molar-refractivity contribution is 5.32. The van der Waals surface area contributed by atoms with Gasteiger partial charge in [-0.1, -0.05) is 12.1 Å². The summed E-state index contributed by atoms with van der Waals surface area (Å²) in [6.45, 7) is 0. The van der Waals surface area contributed by atoms with Crippen molar-refractivity contribution in [2.24, 2.45) is 5.84 Å². The molecular formula is C14H15F2N3O. The Bertz CT molecular complexity index is 592. The molecule has 1 atom stereocenters. The first-order valence-corrected chi connectivity index (χ1v) is 6.04. The molecule has 0 amide bonds. The van der Waals surface area contributed by atoms with Gasteiger partial charge in [0, 0.05) is 11.8 Å². The Morgan fingerprint density at radius 3 is 2.80 bits per heavy atom. The predicted octanol–water partition coefficient (Wildman–Crippen LogP) is 2.12. The van der Waals surface area contributed by atoms with E-state index in [1.807, 2.05) is 0 Å². The molecule has 2 rings (SSSR count). The van der Waals surface area contributed by atoms with Crippen LogP contribution in [0.3, 0.4) is 0 Å². The second kappa shape index (κ2) is 6.40. The topological polar surface area (TPSA) is 60.2 Å². The quantitative estimate of drug-likeness (QED) is 0.650. The number of nitrogens with zero attached hydrogens (tertiary/aromatic N) is 1. The number of ether oxygens (including phenoxy) is 1. The number of benzene rings is 1. The predicted molar refractivity (Wildman–Crippen MR) is 70.9 cm³/mol. The van der Waals surface area contributed by atoms with E-state index in [4.69, 9.17) is 10.6 Å². The molecule has 1 heterocycles. The minimum atomic E-state index is -0.556. The molecule has 3 N–H and O–H groups in total. The van der Waals surface area contributed by atoms with Crippen LogP contribution in [-0.2, 0) is 6.42 Å². The van der Waals surface area contributed by atoms with Gasteiger partial charge in [0.1, 0.15) is 5.82 Å². The smallest absolute Gasteiger partial charge is 0.168 e. The van der Waals surface area contributed by atoms with Crippen molar-refractivity contribution >= 4 is 0 Å². The number of pyridine rings is 1. The van der Waals surface area contributed by atoms with Crippen LogP contribution in [0, 0.1) is 11.6 Å². The number of hydrazine groups is 1. The van der Waals surface area contributed by atoms with Crippen molar-refractivity contribution < 1.29 is 13.5 Å². The Hall–Kier alpha value is -2.05. The van der Waals surface area contributed by atoms with Crippen LogP contribution in [0.2, 0.25) is 0 Å². The molecule has 20 heavy (non-hydrogen) atoms. The second-order valence-corrected chi connectivity index (χ2v) is 4.25. The fraction of sp³-hybridized carbons (Fsp3) is 0.214. The maximum Gasteiger partial charge on any atom is 0.168 e. The van der Waals surface area contributed by atoms with Gasteiger partial charge in [0.2, 0.25) is 0 Å². The molecule has 6 heteroatoms. The minimum absolute atomic E-state index is 0.147. The van der Waals surface area contributed by atoms with Crippen LogP contribution in [0.25, 0.3) is 0 Å². The Morgan fingerprint density at radius 2 is 2.15 bits per heavy atom. The van der Waals surface area contributed by atoms with Gasteiger partial charge in [0.05, 0.1) is 19.3 Å². The van der Waals surface area contributed by atoms with E-state index >= 15 is 0 Å². The zero-order valence-corrected chi connectivity index (χ0v) is 10.9. The van der Waals surface area contributed by atoms with Crippen LogP contribution < -0.4 is 16.0 Å². The average molecular weight is 279 g/mol. The lowest BCUT2D eigenvalue weighted by Crippen LogP contribution is -2.30. The van der Waals surface area contributed by atoms with Gasteiger partial charge in [-0.3, -0.25) is 16.3 Å². The summed E-state index contributed by atoms with van der Waals surface area (Å²) in [6, 6.07) is 5.77. The van der Waals surface area contributed by atoms with Gasteiger partial charge in [0.25, 0.3) is 0 Å². The number of hydrogen-bond donors (Lipinski definition) is 2. The first kappa shape index (κ1) is 14.4. The first-order valence-electron chi connectivity index (χ1n) is 6.04. The van der Waals surface area contributed by atoms with Crippen molar-refractivity contribution in [3.05, 3.63) is 59.4 Å². The van der Waals surface area contributed by atoms with Crippen molar-refractivity contribution in [2.75, 3.05) is 7.11 Å². The summed E-state index contributed by atoms with van der Waals surface area (Å²) < 4.78 is 32.7. The maximum atomic E-state index is 14.1. The highest BCUT2D eigenvalue weighted by Crippen LogP contribution is 2.25. The monoisotopic (exact) mass is 279 g/mol. The fourth-order valence-corrected chi connectivity index (χ4v) is 2.02. The fourth-order valence-electron chi connectivity index (χ4n) is 2.02. The molecule has 1 aromatic carbocycles. The third-order valence-corrected chi connectivity index (χ3v) is 3.07. The number of hydrogen-bond acceptors (Lipinski definition) is 4. The molecule has 0 saturated heterocycles. The van der Waals surface area contributed by atoms with Gasteiger partial charge in [-0.2, -0.15) is 0 Å². The van der Waals surface area contributed by atoms with Crippen LogP contribution in [-0.4, -0.2) is 12.1 Å². The van der Waals surface area contributed by atoms with E-state index in [1.165, 1.54) is 25.4 Å². The Morgan fingerprint density at radius 1 is 1.35 bits per heavy atom. The van der Waals surface area contributed by atoms with Gasteiger partial charge in [-0.05, 0) is 24.1 Å². The molecule has 0 spiro atoms. The van der Waals surface area contributed by atoms with E-state index in [0.717, 1.165) is 6.20 Å². The number of methoxy groups -OCH3 is 1. The Labute approximate surface area is 115 Å². The highest BCUT2D eigenvalue weighted by Gasteiger charge is 2.18. The van der Waals surface area contributed by atoms with Crippen molar-refractivity contribution in [3.63, 3.8) is 0 Å². The van der Waals surface area contributed by atoms with Crippen LogP contribution in [0.15, 0.2) is 36.7 Å². The number of aromatic nitrogens is 1. The van der Waals surface area contributed by atoms with Gasteiger partial charge in [-0.25, -0.2) is 8.78 Å². The summed E-state index contributed by atoms with van der Waals surface area (Å²) in [4.78, 5) is 3.68. The summed E-state index contributed by atoms with van der Waals surface area (Å²) >= 11 is 0. The SMILES string of the molecule is COc1cccc(CC(NN)c2ccncc2F)c1F. The van der Waals surface area contributed by atoms with Crippen LogP contribution >= 0.6 is 0 Å². The van der Waals surface area contributed by atoms with Crippen molar-refractivity contribution in [2.45, 2.75) is 12.5 Å². The summed E-state index contributed by atoms with van der Waals surface area (Å²) in [7, 11) is 1.39.